The van der Waals surface area contributed by atoms with Crippen molar-refractivity contribution in [2.75, 3.05) is 20.6 Å². The molecule has 0 aromatic heterocycles. The van der Waals surface area contributed by atoms with E-state index in [0.29, 0.717) is 12.6 Å². The van der Waals surface area contributed by atoms with Crippen LogP contribution in [0.25, 0.3) is 0 Å². The lowest BCUT2D eigenvalue weighted by molar-refractivity contribution is -0.128. The highest BCUT2D eigenvalue weighted by Crippen LogP contribution is 2.18. The van der Waals surface area contributed by atoms with Gasteiger partial charge < -0.3 is 15.3 Å². The molecule has 1 saturated carbocycles. The molecule has 4 heteroatoms. The summed E-state index contributed by atoms with van der Waals surface area (Å²) in [5, 5.41) is 12.0. The van der Waals surface area contributed by atoms with Crippen molar-refractivity contribution in [1.82, 2.24) is 10.2 Å². The Kier molecular flexibility index (Phi) is 3.05. The van der Waals surface area contributed by atoms with E-state index < -0.39 is 0 Å². The van der Waals surface area contributed by atoms with Gasteiger partial charge in [-0.1, -0.05) is 0 Å². The quantitative estimate of drug-likeness (QED) is 0.585. The van der Waals surface area contributed by atoms with Crippen LogP contribution in [-0.4, -0.2) is 48.7 Å². The van der Waals surface area contributed by atoms with Crippen LogP contribution in [-0.2, 0) is 4.79 Å². The summed E-state index contributed by atoms with van der Waals surface area (Å²) in [6.07, 6.45) is 1.40. The number of amides is 1. The maximum Gasteiger partial charge on any atom is 0.236 e. The van der Waals surface area contributed by atoms with Gasteiger partial charge in [0.05, 0.1) is 12.6 Å². The molecule has 1 fully saturated rings. The molecule has 0 aromatic rings. The number of hydrogen-bond acceptors (Lipinski definition) is 3. The molecule has 0 spiro atoms. The van der Waals surface area contributed by atoms with Crippen LogP contribution in [0, 0.1) is 0 Å². The normalized spacial score (nSPS) is 27.9. The summed E-state index contributed by atoms with van der Waals surface area (Å²) in [5.41, 5.74) is 0. The highest BCUT2D eigenvalue weighted by atomic mass is 16.3. The third-order valence-electron chi connectivity index (χ3n) is 2.15. The zero-order valence-corrected chi connectivity index (χ0v) is 7.58. The minimum absolute atomic E-state index is 0.0800. The number of carbonyl (C=O) groups is 1. The predicted molar refractivity (Wildman–Crippen MR) is 45.7 cm³/mol. The van der Waals surface area contributed by atoms with Gasteiger partial charge in [-0.05, 0) is 12.8 Å². The summed E-state index contributed by atoms with van der Waals surface area (Å²) in [7, 11) is 3.47. The molecule has 4 nitrogen and oxygen atoms in total. The topological polar surface area (TPSA) is 52.6 Å². The van der Waals surface area contributed by atoms with Crippen LogP contribution in [0.5, 0.6) is 0 Å². The second-order valence-electron chi connectivity index (χ2n) is 3.49. The molecule has 2 N–H and O–H groups in total. The Morgan fingerprint density at radius 1 is 1.58 bits per heavy atom. The van der Waals surface area contributed by atoms with Crippen LogP contribution in [0.4, 0.5) is 0 Å². The minimum atomic E-state index is -0.156. The summed E-state index contributed by atoms with van der Waals surface area (Å²) >= 11 is 0. The molecule has 1 rings (SSSR count). The summed E-state index contributed by atoms with van der Waals surface area (Å²) in [6, 6.07) is 0.337. The fraction of sp³-hybridized carbons (Fsp3) is 0.875. The number of hydrogen-bond donors (Lipinski definition) is 2. The van der Waals surface area contributed by atoms with E-state index in [1.54, 1.807) is 19.0 Å². The van der Waals surface area contributed by atoms with Gasteiger partial charge in [0.1, 0.15) is 0 Å². The van der Waals surface area contributed by atoms with Gasteiger partial charge >= 0.3 is 0 Å². The molecule has 1 amide bonds. The third kappa shape index (κ3) is 2.46. The van der Waals surface area contributed by atoms with E-state index in [1.807, 2.05) is 0 Å². The first-order valence-corrected chi connectivity index (χ1v) is 4.21. The minimum Gasteiger partial charge on any atom is -0.393 e. The lowest BCUT2D eigenvalue weighted by Gasteiger charge is -2.32. The Morgan fingerprint density at radius 3 is 2.58 bits per heavy atom. The first-order chi connectivity index (χ1) is 5.59. The van der Waals surface area contributed by atoms with E-state index in [2.05, 4.69) is 5.32 Å². The van der Waals surface area contributed by atoms with Gasteiger partial charge in [0.15, 0.2) is 0 Å². The molecule has 1 aliphatic rings. The van der Waals surface area contributed by atoms with Gasteiger partial charge in [0.25, 0.3) is 0 Å². The molecule has 0 atom stereocenters. The maximum absolute atomic E-state index is 11.1. The van der Waals surface area contributed by atoms with E-state index in [-0.39, 0.29) is 12.0 Å². The Morgan fingerprint density at radius 2 is 2.17 bits per heavy atom. The molecule has 0 unspecified atom stereocenters. The Labute approximate surface area is 72.6 Å². The lowest BCUT2D eigenvalue weighted by Crippen LogP contribution is -2.47. The number of nitrogens with one attached hydrogen (secondary N) is 1. The van der Waals surface area contributed by atoms with Gasteiger partial charge in [0, 0.05) is 20.1 Å². The molecule has 0 aliphatic heterocycles. The van der Waals surface area contributed by atoms with Crippen LogP contribution in [0.3, 0.4) is 0 Å². The number of carbonyl (C=O) groups excluding carboxylic acids is 1. The number of aliphatic hydroxyl groups excluding tert-OH is 1. The van der Waals surface area contributed by atoms with Crippen molar-refractivity contribution in [3.05, 3.63) is 0 Å². The largest absolute Gasteiger partial charge is 0.393 e. The van der Waals surface area contributed by atoms with Crippen molar-refractivity contribution in [1.29, 1.82) is 0 Å². The van der Waals surface area contributed by atoms with Crippen LogP contribution in [0.2, 0.25) is 0 Å². The zero-order valence-electron chi connectivity index (χ0n) is 7.58. The van der Waals surface area contributed by atoms with Crippen molar-refractivity contribution in [2.24, 2.45) is 0 Å². The highest BCUT2D eigenvalue weighted by molar-refractivity contribution is 5.77. The molecule has 0 heterocycles. The van der Waals surface area contributed by atoms with Crippen LogP contribution in [0.1, 0.15) is 12.8 Å². The lowest BCUT2D eigenvalue weighted by atomic mass is 9.89. The third-order valence-corrected chi connectivity index (χ3v) is 2.15. The summed E-state index contributed by atoms with van der Waals surface area (Å²) in [4.78, 5) is 12.6. The number of nitrogens with zero attached hydrogens (tertiary/aromatic N) is 1. The van der Waals surface area contributed by atoms with E-state index in [9.17, 15) is 4.79 Å². The smallest absolute Gasteiger partial charge is 0.236 e. The molecule has 0 saturated heterocycles. The van der Waals surface area contributed by atoms with Gasteiger partial charge in [-0.25, -0.2) is 0 Å². The number of likely N-dealkylation sites (N-methyl/N-ethyl adjacent to an activating group) is 1. The van der Waals surface area contributed by atoms with Crippen LogP contribution < -0.4 is 5.32 Å². The molecule has 70 valence electrons. The van der Waals surface area contributed by atoms with E-state index in [0.717, 1.165) is 12.8 Å². The fourth-order valence-electron chi connectivity index (χ4n) is 1.14. The Bertz CT molecular complexity index is 164. The SMILES string of the molecule is CN(C)C(=O)CNC1CC(O)C1. The summed E-state index contributed by atoms with van der Waals surface area (Å²) in [6.45, 7) is 0.379. The van der Waals surface area contributed by atoms with Crippen molar-refractivity contribution in [2.45, 2.75) is 25.0 Å². The zero-order chi connectivity index (χ0) is 9.14. The Balaban J connectivity index is 2.06. The van der Waals surface area contributed by atoms with Crippen molar-refractivity contribution in [3.63, 3.8) is 0 Å². The molecule has 0 aromatic carbocycles. The van der Waals surface area contributed by atoms with E-state index >= 15 is 0 Å². The number of aliphatic hydroxyl groups is 1. The second kappa shape index (κ2) is 3.87. The average molecular weight is 172 g/mol. The molecule has 1 aliphatic carbocycles. The fourth-order valence-corrected chi connectivity index (χ4v) is 1.14. The summed E-state index contributed by atoms with van der Waals surface area (Å²) in [5.74, 6) is 0.0800. The van der Waals surface area contributed by atoms with Gasteiger partial charge in [-0.15, -0.1) is 0 Å². The van der Waals surface area contributed by atoms with Crippen LogP contribution in [0.15, 0.2) is 0 Å². The number of rotatable bonds is 3. The first-order valence-electron chi connectivity index (χ1n) is 4.21. The maximum atomic E-state index is 11.1. The average Bonchev–Trinajstić information content (AvgIpc) is 1.95. The van der Waals surface area contributed by atoms with Crippen molar-refractivity contribution < 1.29 is 9.90 Å². The van der Waals surface area contributed by atoms with Gasteiger partial charge in [-0.2, -0.15) is 0 Å². The highest BCUT2D eigenvalue weighted by Gasteiger charge is 2.26. The first kappa shape index (κ1) is 9.48. The van der Waals surface area contributed by atoms with Crippen molar-refractivity contribution >= 4 is 5.91 Å². The van der Waals surface area contributed by atoms with E-state index in [4.69, 9.17) is 5.11 Å². The second-order valence-corrected chi connectivity index (χ2v) is 3.49. The van der Waals surface area contributed by atoms with Crippen LogP contribution >= 0.6 is 0 Å². The molecular weight excluding hydrogens is 156 g/mol. The standard InChI is InChI=1S/C8H16N2O2/c1-10(2)8(12)5-9-6-3-7(11)4-6/h6-7,9,11H,3-5H2,1-2H3. The Hall–Kier alpha value is -0.610. The molecule has 12 heavy (non-hydrogen) atoms. The van der Waals surface area contributed by atoms with E-state index in [1.165, 1.54) is 0 Å². The molecule has 0 bridgehead atoms. The molecular formula is C8H16N2O2. The monoisotopic (exact) mass is 172 g/mol. The van der Waals surface area contributed by atoms with Gasteiger partial charge in [0.2, 0.25) is 5.91 Å². The van der Waals surface area contributed by atoms with Gasteiger partial charge in [-0.3, -0.25) is 4.79 Å². The predicted octanol–water partition coefficient (Wildman–Crippen LogP) is -0.812. The van der Waals surface area contributed by atoms with Crippen molar-refractivity contribution in [3.8, 4) is 0 Å². The summed E-state index contributed by atoms with van der Waals surface area (Å²) < 4.78 is 0. The molecule has 0 radical (unpaired) electrons.